The number of hydrogen-bond donors (Lipinski definition) is 1. The molecule has 1 amide bonds. The monoisotopic (exact) mass is 462 g/mol. The van der Waals surface area contributed by atoms with Gasteiger partial charge in [-0.15, -0.1) is 22.7 Å². The summed E-state index contributed by atoms with van der Waals surface area (Å²) in [5, 5.41) is 5.03. The van der Waals surface area contributed by atoms with Crippen LogP contribution in [0.4, 0.5) is 5.00 Å². The van der Waals surface area contributed by atoms with Crippen LogP contribution < -0.4 is 10.1 Å². The van der Waals surface area contributed by atoms with E-state index in [1.54, 1.807) is 22.7 Å². The third-order valence-corrected chi connectivity index (χ3v) is 8.11. The Morgan fingerprint density at radius 1 is 1.06 bits per heavy atom. The second-order valence-corrected chi connectivity index (χ2v) is 10.6. The number of rotatable bonds is 6. The van der Waals surface area contributed by atoms with Crippen molar-refractivity contribution < 1.29 is 9.53 Å². The second-order valence-electron chi connectivity index (χ2n) is 8.46. The number of fused-ring (bicyclic) bond motifs is 2. The number of aromatic nitrogens is 1. The van der Waals surface area contributed by atoms with E-state index in [0.717, 1.165) is 33.9 Å². The van der Waals surface area contributed by atoms with Crippen LogP contribution in [0.1, 0.15) is 48.6 Å². The molecule has 0 bridgehead atoms. The number of carbonyl (C=O) groups excluding carboxylic acids is 1. The first-order valence-corrected chi connectivity index (χ1v) is 12.7. The minimum absolute atomic E-state index is 0.0110. The molecular weight excluding hydrogens is 436 g/mol. The summed E-state index contributed by atoms with van der Waals surface area (Å²) in [5.41, 5.74) is 4.74. The molecular formula is C26H26N2O2S2. The Hall–Kier alpha value is -2.70. The molecule has 32 heavy (non-hydrogen) atoms. The van der Waals surface area contributed by atoms with E-state index in [1.807, 2.05) is 30.3 Å². The van der Waals surface area contributed by atoms with E-state index in [2.05, 4.69) is 37.4 Å². The first-order chi connectivity index (χ1) is 15.6. The van der Waals surface area contributed by atoms with Crippen LogP contribution in [0.3, 0.4) is 0 Å². The van der Waals surface area contributed by atoms with Crippen molar-refractivity contribution in [3.63, 3.8) is 0 Å². The van der Waals surface area contributed by atoms with Gasteiger partial charge in [-0.1, -0.05) is 38.1 Å². The highest BCUT2D eigenvalue weighted by molar-refractivity contribution is 7.22. The van der Waals surface area contributed by atoms with E-state index >= 15 is 0 Å². The molecule has 2 aromatic carbocycles. The SMILES string of the molecule is CC(C)c1ccc(OCC(=O)Nc2sc3c(c2-c2nc4ccccc4s2)CCCC3)cc1. The molecule has 0 radical (unpaired) electrons. The number of para-hydroxylation sites is 1. The second kappa shape index (κ2) is 9.04. The molecule has 0 fully saturated rings. The number of amides is 1. The zero-order chi connectivity index (χ0) is 22.1. The van der Waals surface area contributed by atoms with E-state index in [0.29, 0.717) is 11.7 Å². The van der Waals surface area contributed by atoms with Crippen molar-refractivity contribution in [1.29, 1.82) is 0 Å². The molecule has 1 N–H and O–H groups in total. The Kier molecular flexibility index (Phi) is 5.98. The molecule has 2 heterocycles. The van der Waals surface area contributed by atoms with Gasteiger partial charge in [0.1, 0.15) is 15.8 Å². The maximum Gasteiger partial charge on any atom is 0.262 e. The molecule has 164 valence electrons. The van der Waals surface area contributed by atoms with Crippen LogP contribution in [0.15, 0.2) is 48.5 Å². The van der Waals surface area contributed by atoms with Gasteiger partial charge in [-0.2, -0.15) is 0 Å². The maximum absolute atomic E-state index is 12.8. The molecule has 4 nitrogen and oxygen atoms in total. The first-order valence-electron chi connectivity index (χ1n) is 11.1. The van der Waals surface area contributed by atoms with Crippen LogP contribution in [0.25, 0.3) is 20.8 Å². The fraction of sp³-hybridized carbons (Fsp3) is 0.308. The number of hydrogen-bond acceptors (Lipinski definition) is 5. The molecule has 1 aliphatic rings. The van der Waals surface area contributed by atoms with Gasteiger partial charge < -0.3 is 10.1 Å². The van der Waals surface area contributed by atoms with E-state index < -0.39 is 0 Å². The molecule has 0 saturated carbocycles. The van der Waals surface area contributed by atoms with Gasteiger partial charge in [-0.25, -0.2) is 4.98 Å². The maximum atomic E-state index is 12.8. The lowest BCUT2D eigenvalue weighted by atomic mass is 9.96. The number of thiazole rings is 1. The number of nitrogens with zero attached hydrogens (tertiary/aromatic N) is 1. The van der Waals surface area contributed by atoms with E-state index in [4.69, 9.17) is 9.72 Å². The van der Waals surface area contributed by atoms with Crippen molar-refractivity contribution in [2.24, 2.45) is 0 Å². The number of thiophene rings is 1. The highest BCUT2D eigenvalue weighted by Crippen LogP contribution is 2.46. The number of anilines is 1. The molecule has 0 unspecified atom stereocenters. The minimum Gasteiger partial charge on any atom is -0.484 e. The van der Waals surface area contributed by atoms with Gasteiger partial charge in [0.05, 0.1) is 10.2 Å². The van der Waals surface area contributed by atoms with Crippen LogP contribution in [0, 0.1) is 0 Å². The smallest absolute Gasteiger partial charge is 0.262 e. The van der Waals surface area contributed by atoms with Crippen molar-refractivity contribution in [3.8, 4) is 16.3 Å². The summed E-state index contributed by atoms with van der Waals surface area (Å²) in [5.74, 6) is 1.04. The molecule has 0 spiro atoms. The Morgan fingerprint density at radius 2 is 1.84 bits per heavy atom. The first kappa shape index (κ1) is 21.2. The lowest BCUT2D eigenvalue weighted by Crippen LogP contribution is -2.20. The molecule has 4 aromatic rings. The number of aryl methyl sites for hydroxylation is 1. The van der Waals surface area contributed by atoms with Crippen LogP contribution in [0.5, 0.6) is 5.75 Å². The Bertz CT molecular complexity index is 1220. The molecule has 1 aliphatic carbocycles. The van der Waals surface area contributed by atoms with E-state index in [-0.39, 0.29) is 12.5 Å². The van der Waals surface area contributed by atoms with Gasteiger partial charge in [0.2, 0.25) is 0 Å². The largest absolute Gasteiger partial charge is 0.484 e. The number of nitrogens with one attached hydrogen (secondary N) is 1. The topological polar surface area (TPSA) is 51.2 Å². The molecule has 0 saturated heterocycles. The van der Waals surface area contributed by atoms with Gasteiger partial charge >= 0.3 is 0 Å². The number of carbonyl (C=O) groups is 1. The quantitative estimate of drug-likeness (QED) is 0.334. The Morgan fingerprint density at radius 3 is 2.62 bits per heavy atom. The lowest BCUT2D eigenvalue weighted by molar-refractivity contribution is -0.118. The third-order valence-electron chi connectivity index (χ3n) is 5.85. The molecule has 5 rings (SSSR count). The van der Waals surface area contributed by atoms with Crippen LogP contribution in [0.2, 0.25) is 0 Å². The normalized spacial score (nSPS) is 13.3. The summed E-state index contributed by atoms with van der Waals surface area (Å²) >= 11 is 3.40. The number of ether oxygens (including phenoxy) is 1. The molecule has 2 aromatic heterocycles. The Balaban J connectivity index is 1.37. The summed E-state index contributed by atoms with van der Waals surface area (Å²) in [6.07, 6.45) is 4.51. The van der Waals surface area contributed by atoms with Gasteiger partial charge in [-0.05, 0) is 67.0 Å². The van der Waals surface area contributed by atoms with Crippen LogP contribution in [-0.2, 0) is 17.6 Å². The van der Waals surface area contributed by atoms with Gasteiger partial charge in [-0.3, -0.25) is 4.79 Å². The van der Waals surface area contributed by atoms with Crippen LogP contribution in [-0.4, -0.2) is 17.5 Å². The summed E-state index contributed by atoms with van der Waals surface area (Å²) < 4.78 is 6.92. The van der Waals surface area contributed by atoms with Crippen molar-refractivity contribution in [2.45, 2.75) is 45.4 Å². The fourth-order valence-electron chi connectivity index (χ4n) is 4.12. The van der Waals surface area contributed by atoms with Crippen molar-refractivity contribution >= 4 is 43.8 Å². The van der Waals surface area contributed by atoms with E-state index in [9.17, 15) is 4.79 Å². The fourth-order valence-corrected chi connectivity index (χ4v) is 6.54. The average Bonchev–Trinajstić information content (AvgIpc) is 3.38. The minimum atomic E-state index is -0.140. The van der Waals surface area contributed by atoms with Crippen molar-refractivity contribution in [2.75, 3.05) is 11.9 Å². The third kappa shape index (κ3) is 4.30. The zero-order valence-electron chi connectivity index (χ0n) is 18.3. The van der Waals surface area contributed by atoms with Crippen LogP contribution >= 0.6 is 22.7 Å². The Labute approximate surface area is 196 Å². The summed E-state index contributed by atoms with van der Waals surface area (Å²) in [6.45, 7) is 4.31. The summed E-state index contributed by atoms with van der Waals surface area (Å²) in [4.78, 5) is 19.1. The zero-order valence-corrected chi connectivity index (χ0v) is 19.9. The van der Waals surface area contributed by atoms with Gasteiger partial charge in [0.15, 0.2) is 6.61 Å². The van der Waals surface area contributed by atoms with Crippen molar-refractivity contribution in [3.05, 3.63) is 64.5 Å². The average molecular weight is 463 g/mol. The molecule has 0 aliphatic heterocycles. The predicted octanol–water partition coefficient (Wildman–Crippen LogP) is 7.04. The summed E-state index contributed by atoms with van der Waals surface area (Å²) in [6, 6.07) is 16.2. The predicted molar refractivity (Wildman–Crippen MR) is 134 cm³/mol. The van der Waals surface area contributed by atoms with Crippen molar-refractivity contribution in [1.82, 2.24) is 4.98 Å². The highest BCUT2D eigenvalue weighted by atomic mass is 32.1. The van der Waals surface area contributed by atoms with Gasteiger partial charge in [0.25, 0.3) is 5.91 Å². The summed E-state index contributed by atoms with van der Waals surface area (Å²) in [7, 11) is 0. The highest BCUT2D eigenvalue weighted by Gasteiger charge is 2.25. The lowest BCUT2D eigenvalue weighted by Gasteiger charge is -2.12. The van der Waals surface area contributed by atoms with E-state index in [1.165, 1.54) is 33.5 Å². The molecule has 0 atom stereocenters. The van der Waals surface area contributed by atoms with Gasteiger partial charge in [0, 0.05) is 10.4 Å². The number of benzene rings is 2. The molecule has 6 heteroatoms. The standard InChI is InChI=1S/C26H26N2O2S2/c1-16(2)17-11-13-18(14-12-17)30-15-23(29)28-26-24(19-7-3-5-9-21(19)31-26)25-27-20-8-4-6-10-22(20)32-25/h4,6,8,10-14,16H,3,5,7,9,15H2,1-2H3,(H,28,29).